The van der Waals surface area contributed by atoms with Crippen molar-refractivity contribution in [3.63, 3.8) is 0 Å². The fourth-order valence-corrected chi connectivity index (χ4v) is 2.27. The van der Waals surface area contributed by atoms with Gasteiger partial charge in [0.1, 0.15) is 11.8 Å². The van der Waals surface area contributed by atoms with Crippen molar-refractivity contribution in [3.8, 4) is 6.07 Å². The summed E-state index contributed by atoms with van der Waals surface area (Å²) in [5.74, 6) is 1.02. The largest absolute Gasteiger partial charge is 0.303 e. The van der Waals surface area contributed by atoms with E-state index in [0.717, 1.165) is 30.4 Å². The van der Waals surface area contributed by atoms with Gasteiger partial charge in [-0.25, -0.2) is 4.98 Å². The third kappa shape index (κ3) is 4.21. The fourth-order valence-electron chi connectivity index (χ4n) is 1.38. The van der Waals surface area contributed by atoms with Gasteiger partial charge < -0.3 is 4.90 Å². The number of nitrogens with zero attached hydrogens (tertiary/aromatic N) is 3. The molecule has 0 unspecified atom stereocenters. The van der Waals surface area contributed by atoms with Gasteiger partial charge in [0, 0.05) is 12.3 Å². The molecule has 0 amide bonds. The number of thioether (sulfide) groups is 1. The van der Waals surface area contributed by atoms with E-state index in [0.29, 0.717) is 5.69 Å². The Labute approximate surface area is 101 Å². The topological polar surface area (TPSA) is 39.9 Å². The molecule has 1 rings (SSSR count). The monoisotopic (exact) mass is 235 g/mol. The van der Waals surface area contributed by atoms with E-state index in [4.69, 9.17) is 5.26 Å². The van der Waals surface area contributed by atoms with Gasteiger partial charge in [0.2, 0.25) is 0 Å². The molecule has 0 saturated carbocycles. The van der Waals surface area contributed by atoms with Gasteiger partial charge in [-0.2, -0.15) is 5.26 Å². The molecule has 0 spiro atoms. The van der Waals surface area contributed by atoms with Crippen molar-refractivity contribution in [2.75, 3.05) is 25.4 Å². The maximum atomic E-state index is 8.72. The summed E-state index contributed by atoms with van der Waals surface area (Å²) in [5, 5.41) is 9.66. The number of nitriles is 1. The molecule has 0 fully saturated rings. The van der Waals surface area contributed by atoms with Gasteiger partial charge in [0.05, 0.1) is 5.03 Å². The zero-order valence-corrected chi connectivity index (χ0v) is 10.6. The highest BCUT2D eigenvalue weighted by atomic mass is 32.2. The van der Waals surface area contributed by atoms with Gasteiger partial charge in [-0.1, -0.05) is 19.9 Å². The molecule has 0 N–H and O–H groups in total. The smallest absolute Gasteiger partial charge is 0.141 e. The van der Waals surface area contributed by atoms with Crippen LogP contribution >= 0.6 is 11.8 Å². The van der Waals surface area contributed by atoms with Crippen LogP contribution in [0.1, 0.15) is 19.5 Å². The highest BCUT2D eigenvalue weighted by Crippen LogP contribution is 2.15. The second kappa shape index (κ2) is 7.26. The van der Waals surface area contributed by atoms with Crippen molar-refractivity contribution in [1.29, 1.82) is 5.26 Å². The minimum absolute atomic E-state index is 0.493. The van der Waals surface area contributed by atoms with Crippen LogP contribution in [0.15, 0.2) is 23.2 Å². The van der Waals surface area contributed by atoms with E-state index in [1.807, 2.05) is 12.1 Å². The Morgan fingerprint density at radius 1 is 1.38 bits per heavy atom. The maximum absolute atomic E-state index is 8.72. The molecule has 0 bridgehead atoms. The lowest BCUT2D eigenvalue weighted by Crippen LogP contribution is -2.25. The second-order valence-electron chi connectivity index (χ2n) is 3.35. The highest BCUT2D eigenvalue weighted by molar-refractivity contribution is 7.99. The molecule has 4 heteroatoms. The molecule has 1 heterocycles. The lowest BCUT2D eigenvalue weighted by Gasteiger charge is -2.16. The summed E-state index contributed by atoms with van der Waals surface area (Å²) < 4.78 is 0. The molecule has 0 aliphatic heterocycles. The summed E-state index contributed by atoms with van der Waals surface area (Å²) in [6.07, 6.45) is 0. The van der Waals surface area contributed by atoms with Crippen molar-refractivity contribution in [1.82, 2.24) is 9.88 Å². The first kappa shape index (κ1) is 13.0. The molecule has 86 valence electrons. The minimum Gasteiger partial charge on any atom is -0.303 e. The van der Waals surface area contributed by atoms with Crippen LogP contribution in [0, 0.1) is 11.3 Å². The van der Waals surface area contributed by atoms with Gasteiger partial charge >= 0.3 is 0 Å². The fraction of sp³-hybridized carbons (Fsp3) is 0.500. The molecular formula is C12H17N3S. The Morgan fingerprint density at radius 2 is 2.12 bits per heavy atom. The van der Waals surface area contributed by atoms with Gasteiger partial charge in [0.15, 0.2) is 0 Å². The van der Waals surface area contributed by atoms with E-state index >= 15 is 0 Å². The van der Waals surface area contributed by atoms with E-state index in [1.165, 1.54) is 0 Å². The molecule has 0 radical (unpaired) electrons. The average molecular weight is 235 g/mol. The van der Waals surface area contributed by atoms with Crippen molar-refractivity contribution >= 4 is 11.8 Å². The number of aromatic nitrogens is 1. The summed E-state index contributed by atoms with van der Waals surface area (Å²) in [7, 11) is 0. The normalized spacial score (nSPS) is 10.4. The van der Waals surface area contributed by atoms with Crippen molar-refractivity contribution in [2.24, 2.45) is 0 Å². The first-order chi connectivity index (χ1) is 7.80. The lowest BCUT2D eigenvalue weighted by atomic mass is 10.4. The Kier molecular flexibility index (Phi) is 5.91. The van der Waals surface area contributed by atoms with Gasteiger partial charge in [0.25, 0.3) is 0 Å². The molecule has 0 atom stereocenters. The average Bonchev–Trinajstić information content (AvgIpc) is 2.35. The molecule has 0 aliphatic rings. The van der Waals surface area contributed by atoms with Crippen LogP contribution in [0.25, 0.3) is 0 Å². The van der Waals surface area contributed by atoms with Crippen LogP contribution in [0.5, 0.6) is 0 Å². The Balaban J connectivity index is 2.40. The molecule has 3 nitrogen and oxygen atoms in total. The van der Waals surface area contributed by atoms with Gasteiger partial charge in [-0.05, 0) is 25.2 Å². The molecule has 0 aromatic carbocycles. The van der Waals surface area contributed by atoms with E-state index in [2.05, 4.69) is 29.8 Å². The SMILES string of the molecule is CCN(CC)CCSc1cccc(C#N)n1. The predicted octanol–water partition coefficient (Wildman–Crippen LogP) is 2.39. The van der Waals surface area contributed by atoms with E-state index in [9.17, 15) is 0 Å². The number of pyridine rings is 1. The molecular weight excluding hydrogens is 218 g/mol. The second-order valence-corrected chi connectivity index (χ2v) is 4.46. The van der Waals surface area contributed by atoms with Crippen LogP contribution in [0.4, 0.5) is 0 Å². The predicted molar refractivity (Wildman–Crippen MR) is 67.5 cm³/mol. The molecule has 16 heavy (non-hydrogen) atoms. The van der Waals surface area contributed by atoms with Crippen molar-refractivity contribution < 1.29 is 0 Å². The summed E-state index contributed by atoms with van der Waals surface area (Å²) >= 11 is 1.71. The quantitative estimate of drug-likeness (QED) is 0.710. The summed E-state index contributed by atoms with van der Waals surface area (Å²) in [5.41, 5.74) is 0.493. The minimum atomic E-state index is 0.493. The van der Waals surface area contributed by atoms with E-state index < -0.39 is 0 Å². The third-order valence-electron chi connectivity index (χ3n) is 2.39. The first-order valence-electron chi connectivity index (χ1n) is 5.52. The number of rotatable bonds is 6. The summed E-state index contributed by atoms with van der Waals surface area (Å²) in [4.78, 5) is 6.60. The van der Waals surface area contributed by atoms with Crippen LogP contribution in [-0.2, 0) is 0 Å². The number of hydrogen-bond acceptors (Lipinski definition) is 4. The molecule has 1 aromatic rings. The lowest BCUT2D eigenvalue weighted by molar-refractivity contribution is 0.324. The zero-order valence-electron chi connectivity index (χ0n) is 9.81. The number of hydrogen-bond donors (Lipinski definition) is 0. The first-order valence-corrected chi connectivity index (χ1v) is 6.51. The summed E-state index contributed by atoms with van der Waals surface area (Å²) in [6.45, 7) is 7.58. The van der Waals surface area contributed by atoms with Crippen molar-refractivity contribution in [3.05, 3.63) is 23.9 Å². The van der Waals surface area contributed by atoms with Gasteiger partial charge in [-0.3, -0.25) is 0 Å². The summed E-state index contributed by atoms with van der Waals surface area (Å²) in [6, 6.07) is 7.62. The van der Waals surface area contributed by atoms with Crippen LogP contribution in [0.3, 0.4) is 0 Å². The Hall–Kier alpha value is -1.05. The van der Waals surface area contributed by atoms with Crippen molar-refractivity contribution in [2.45, 2.75) is 18.9 Å². The standard InChI is InChI=1S/C12H17N3S/c1-3-15(4-2)8-9-16-12-7-5-6-11(10-13)14-12/h5-7H,3-4,8-9H2,1-2H3. The van der Waals surface area contributed by atoms with Crippen LogP contribution in [-0.4, -0.2) is 35.3 Å². The third-order valence-corrected chi connectivity index (χ3v) is 3.30. The van der Waals surface area contributed by atoms with E-state index in [1.54, 1.807) is 17.8 Å². The van der Waals surface area contributed by atoms with Crippen LogP contribution < -0.4 is 0 Å². The highest BCUT2D eigenvalue weighted by Gasteiger charge is 2.01. The zero-order chi connectivity index (χ0) is 11.8. The molecule has 0 aliphatic carbocycles. The Bertz CT molecular complexity index is 356. The van der Waals surface area contributed by atoms with Crippen LogP contribution in [0.2, 0.25) is 0 Å². The molecule has 0 saturated heterocycles. The maximum Gasteiger partial charge on any atom is 0.141 e. The van der Waals surface area contributed by atoms with E-state index in [-0.39, 0.29) is 0 Å². The Morgan fingerprint density at radius 3 is 2.75 bits per heavy atom. The van der Waals surface area contributed by atoms with Gasteiger partial charge in [-0.15, -0.1) is 11.8 Å². The molecule has 1 aromatic heterocycles.